The molecule has 17 heavy (non-hydrogen) atoms. The van der Waals surface area contributed by atoms with Crippen LogP contribution in [0.25, 0.3) is 0 Å². The van der Waals surface area contributed by atoms with E-state index in [2.05, 4.69) is 50.1 Å². The van der Waals surface area contributed by atoms with Crippen molar-refractivity contribution in [3.63, 3.8) is 0 Å². The topological polar surface area (TPSA) is 18.5 Å². The van der Waals surface area contributed by atoms with Crippen molar-refractivity contribution in [2.75, 3.05) is 40.8 Å². The number of likely N-dealkylation sites (N-methyl/N-ethyl adjacent to an activating group) is 2. The van der Waals surface area contributed by atoms with E-state index >= 15 is 0 Å². The molecule has 2 unspecified atom stereocenters. The van der Waals surface area contributed by atoms with E-state index in [-0.39, 0.29) is 0 Å². The van der Waals surface area contributed by atoms with Gasteiger partial charge in [-0.05, 0) is 66.3 Å². The van der Waals surface area contributed by atoms with Crippen LogP contribution in [-0.4, -0.2) is 62.7 Å². The van der Waals surface area contributed by atoms with E-state index in [0.717, 1.165) is 5.92 Å². The Morgan fingerprint density at radius 1 is 1.35 bits per heavy atom. The Hall–Kier alpha value is -0.120. The van der Waals surface area contributed by atoms with Crippen molar-refractivity contribution in [2.45, 2.75) is 45.2 Å². The van der Waals surface area contributed by atoms with E-state index in [0.29, 0.717) is 12.1 Å². The fraction of sp³-hybridized carbons (Fsp3) is 1.00. The van der Waals surface area contributed by atoms with Crippen LogP contribution in [-0.2, 0) is 0 Å². The van der Waals surface area contributed by atoms with E-state index in [9.17, 15) is 0 Å². The average Bonchev–Trinajstić information content (AvgIpc) is 2.33. The summed E-state index contributed by atoms with van der Waals surface area (Å²) in [5.41, 5.74) is 0. The summed E-state index contributed by atoms with van der Waals surface area (Å²) in [5.74, 6) is 0.896. The molecule has 0 saturated carbocycles. The van der Waals surface area contributed by atoms with E-state index in [1.807, 2.05) is 0 Å². The van der Waals surface area contributed by atoms with Crippen LogP contribution in [0.15, 0.2) is 0 Å². The van der Waals surface area contributed by atoms with Gasteiger partial charge < -0.3 is 15.1 Å². The lowest BCUT2D eigenvalue weighted by molar-refractivity contribution is 0.138. The van der Waals surface area contributed by atoms with Gasteiger partial charge in [-0.1, -0.05) is 6.92 Å². The molecular weight excluding hydrogens is 210 g/mol. The maximum atomic E-state index is 3.43. The zero-order valence-electron chi connectivity index (χ0n) is 12.4. The summed E-state index contributed by atoms with van der Waals surface area (Å²) in [7, 11) is 6.59. The molecule has 0 aromatic carbocycles. The summed E-state index contributed by atoms with van der Waals surface area (Å²) in [5, 5.41) is 3.43. The molecule has 0 bridgehead atoms. The third kappa shape index (κ3) is 4.57. The van der Waals surface area contributed by atoms with Gasteiger partial charge in [-0.2, -0.15) is 0 Å². The average molecular weight is 241 g/mol. The van der Waals surface area contributed by atoms with Crippen molar-refractivity contribution in [3.05, 3.63) is 0 Å². The van der Waals surface area contributed by atoms with Crippen LogP contribution < -0.4 is 5.32 Å². The van der Waals surface area contributed by atoms with Crippen LogP contribution in [0.2, 0.25) is 0 Å². The molecule has 2 atom stereocenters. The molecule has 1 fully saturated rings. The van der Waals surface area contributed by atoms with Gasteiger partial charge in [0.1, 0.15) is 0 Å². The second-order valence-electron chi connectivity index (χ2n) is 5.73. The molecule has 3 nitrogen and oxygen atoms in total. The first kappa shape index (κ1) is 14.9. The maximum absolute atomic E-state index is 3.43. The SMILES string of the molecule is CCC(NC)C(C)N(C)CC1CCN(C)CC1. The minimum absolute atomic E-state index is 0.617. The van der Waals surface area contributed by atoms with Crippen LogP contribution in [0.4, 0.5) is 0 Å². The van der Waals surface area contributed by atoms with E-state index < -0.39 is 0 Å². The lowest BCUT2D eigenvalue weighted by Gasteiger charge is -2.36. The Balaban J connectivity index is 2.34. The minimum atomic E-state index is 0.617. The summed E-state index contributed by atoms with van der Waals surface area (Å²) >= 11 is 0. The monoisotopic (exact) mass is 241 g/mol. The minimum Gasteiger partial charge on any atom is -0.315 e. The predicted molar refractivity (Wildman–Crippen MR) is 75.5 cm³/mol. The zero-order chi connectivity index (χ0) is 12.8. The number of nitrogens with one attached hydrogen (secondary N) is 1. The van der Waals surface area contributed by atoms with Crippen LogP contribution in [0.3, 0.4) is 0 Å². The zero-order valence-corrected chi connectivity index (χ0v) is 12.4. The highest BCUT2D eigenvalue weighted by Crippen LogP contribution is 2.18. The molecule has 0 aliphatic carbocycles. The summed E-state index contributed by atoms with van der Waals surface area (Å²) < 4.78 is 0. The quantitative estimate of drug-likeness (QED) is 0.763. The van der Waals surface area contributed by atoms with Gasteiger partial charge in [0.25, 0.3) is 0 Å². The predicted octanol–water partition coefficient (Wildman–Crippen LogP) is 1.65. The van der Waals surface area contributed by atoms with Gasteiger partial charge in [-0.15, -0.1) is 0 Å². The first-order valence-corrected chi connectivity index (χ1v) is 7.14. The Morgan fingerprint density at radius 3 is 2.41 bits per heavy atom. The second kappa shape index (κ2) is 7.34. The molecule has 0 amide bonds. The van der Waals surface area contributed by atoms with Gasteiger partial charge in [-0.3, -0.25) is 0 Å². The Morgan fingerprint density at radius 2 is 1.94 bits per heavy atom. The molecule has 102 valence electrons. The summed E-state index contributed by atoms with van der Waals surface area (Å²) in [6.45, 7) is 8.42. The molecular formula is C14H31N3. The van der Waals surface area contributed by atoms with Crippen LogP contribution in [0.5, 0.6) is 0 Å². The van der Waals surface area contributed by atoms with Crippen LogP contribution in [0, 0.1) is 5.92 Å². The lowest BCUT2D eigenvalue weighted by Crippen LogP contribution is -2.47. The third-order valence-corrected chi connectivity index (χ3v) is 4.47. The fourth-order valence-electron chi connectivity index (χ4n) is 2.91. The number of nitrogens with zero attached hydrogens (tertiary/aromatic N) is 2. The Labute approximate surface area is 108 Å². The third-order valence-electron chi connectivity index (χ3n) is 4.47. The van der Waals surface area contributed by atoms with Crippen molar-refractivity contribution in [3.8, 4) is 0 Å². The van der Waals surface area contributed by atoms with Gasteiger partial charge in [0.2, 0.25) is 0 Å². The number of piperidine rings is 1. The number of rotatable bonds is 6. The summed E-state index contributed by atoms with van der Waals surface area (Å²) in [6.07, 6.45) is 3.93. The van der Waals surface area contributed by atoms with Crippen molar-refractivity contribution in [1.82, 2.24) is 15.1 Å². The maximum Gasteiger partial charge on any atom is 0.0217 e. The normalized spacial score (nSPS) is 22.9. The molecule has 1 rings (SSSR count). The second-order valence-corrected chi connectivity index (χ2v) is 5.73. The van der Waals surface area contributed by atoms with Crippen molar-refractivity contribution >= 4 is 0 Å². The van der Waals surface area contributed by atoms with E-state index in [4.69, 9.17) is 0 Å². The lowest BCUT2D eigenvalue weighted by atomic mass is 9.95. The summed E-state index contributed by atoms with van der Waals surface area (Å²) in [6, 6.07) is 1.25. The molecule has 0 spiro atoms. The van der Waals surface area contributed by atoms with Gasteiger partial charge >= 0.3 is 0 Å². The summed E-state index contributed by atoms with van der Waals surface area (Å²) in [4.78, 5) is 4.99. The smallest absolute Gasteiger partial charge is 0.0217 e. The fourth-order valence-corrected chi connectivity index (χ4v) is 2.91. The van der Waals surface area contributed by atoms with Gasteiger partial charge in [0, 0.05) is 18.6 Å². The standard InChI is InChI=1S/C14H31N3/c1-6-14(15-3)12(2)17(5)11-13-7-9-16(4)10-8-13/h12-15H,6-11H2,1-5H3. The van der Waals surface area contributed by atoms with Gasteiger partial charge in [0.05, 0.1) is 0 Å². The largest absolute Gasteiger partial charge is 0.315 e. The van der Waals surface area contributed by atoms with Crippen molar-refractivity contribution in [1.29, 1.82) is 0 Å². The highest BCUT2D eigenvalue weighted by atomic mass is 15.2. The number of hydrogen-bond donors (Lipinski definition) is 1. The molecule has 1 heterocycles. The molecule has 0 aromatic heterocycles. The number of likely N-dealkylation sites (tertiary alicyclic amines) is 1. The number of hydrogen-bond acceptors (Lipinski definition) is 3. The van der Waals surface area contributed by atoms with Crippen LogP contribution >= 0.6 is 0 Å². The molecule has 1 aliphatic rings. The van der Waals surface area contributed by atoms with Gasteiger partial charge in [-0.25, -0.2) is 0 Å². The highest BCUT2D eigenvalue weighted by Gasteiger charge is 2.23. The Bertz CT molecular complexity index is 196. The molecule has 3 heteroatoms. The first-order valence-electron chi connectivity index (χ1n) is 7.14. The Kier molecular flexibility index (Phi) is 6.45. The molecule has 1 aliphatic heterocycles. The molecule has 0 radical (unpaired) electrons. The van der Waals surface area contributed by atoms with Gasteiger partial charge in [0.15, 0.2) is 0 Å². The molecule has 1 N–H and O–H groups in total. The molecule has 0 aromatic rings. The highest BCUT2D eigenvalue weighted by molar-refractivity contribution is 4.80. The first-order chi connectivity index (χ1) is 8.08. The van der Waals surface area contributed by atoms with E-state index in [1.165, 1.54) is 38.9 Å². The van der Waals surface area contributed by atoms with Crippen LogP contribution in [0.1, 0.15) is 33.1 Å². The van der Waals surface area contributed by atoms with E-state index in [1.54, 1.807) is 0 Å². The molecule has 1 saturated heterocycles. The van der Waals surface area contributed by atoms with Crippen molar-refractivity contribution in [2.24, 2.45) is 5.92 Å². The van der Waals surface area contributed by atoms with Crippen molar-refractivity contribution < 1.29 is 0 Å².